The zero-order valence-corrected chi connectivity index (χ0v) is 11.8. The first-order valence-electron chi connectivity index (χ1n) is 4.50. The molecule has 0 nitrogen and oxygen atoms in total. The minimum atomic E-state index is 0.935. The Morgan fingerprint density at radius 2 is 2.14 bits per heavy atom. The molecular weight excluding hydrogens is 324 g/mol. The number of rotatable bonds is 2. The van der Waals surface area contributed by atoms with Crippen molar-refractivity contribution in [3.05, 3.63) is 33.1 Å². The van der Waals surface area contributed by atoms with Crippen LogP contribution in [-0.4, -0.2) is 0 Å². The van der Waals surface area contributed by atoms with Gasteiger partial charge in [0.2, 0.25) is 0 Å². The number of benzene rings is 1. The quantitative estimate of drug-likeness (QED) is 0.669. The largest absolute Gasteiger partial charge is 0.142 e. The Labute approximate surface area is 105 Å². The van der Waals surface area contributed by atoms with Crippen LogP contribution in [0.3, 0.4) is 0 Å². The number of hydrogen-bond acceptors (Lipinski definition) is 1. The van der Waals surface area contributed by atoms with Crippen LogP contribution in [-0.2, 0) is 11.8 Å². The van der Waals surface area contributed by atoms with Crippen molar-refractivity contribution in [2.24, 2.45) is 0 Å². The van der Waals surface area contributed by atoms with E-state index in [1.54, 1.807) is 0 Å². The Morgan fingerprint density at radius 1 is 1.36 bits per heavy atom. The summed E-state index contributed by atoms with van der Waals surface area (Å²) in [5.41, 5.74) is 2.81. The summed E-state index contributed by atoms with van der Waals surface area (Å²) in [5.74, 6) is 0. The molecule has 0 aliphatic carbocycles. The van der Waals surface area contributed by atoms with E-state index in [0.29, 0.717) is 0 Å². The molecule has 1 heterocycles. The molecule has 74 valence electrons. The average Bonchev–Trinajstić information content (AvgIpc) is 2.59. The van der Waals surface area contributed by atoms with E-state index < -0.39 is 0 Å². The highest BCUT2D eigenvalue weighted by molar-refractivity contribution is 9.10. The lowest BCUT2D eigenvalue weighted by molar-refractivity contribution is 1.14. The van der Waals surface area contributed by atoms with Gasteiger partial charge in [0.05, 0.1) is 0 Å². The van der Waals surface area contributed by atoms with E-state index in [4.69, 9.17) is 0 Å². The van der Waals surface area contributed by atoms with E-state index >= 15 is 0 Å². The Balaban J connectivity index is 2.76. The summed E-state index contributed by atoms with van der Waals surface area (Å²) in [7, 11) is 0. The van der Waals surface area contributed by atoms with Crippen LogP contribution in [0, 0.1) is 0 Å². The molecule has 0 saturated heterocycles. The average molecular weight is 334 g/mol. The fourth-order valence-electron chi connectivity index (χ4n) is 1.55. The fraction of sp³-hybridized carbons (Fsp3) is 0.273. The first kappa shape index (κ1) is 10.7. The molecule has 0 saturated carbocycles. The Morgan fingerprint density at radius 3 is 2.79 bits per heavy atom. The first-order chi connectivity index (χ1) is 6.76. The molecule has 0 N–H and O–H groups in total. The number of thiophene rings is 1. The molecule has 0 fully saturated rings. The first-order valence-corrected chi connectivity index (χ1v) is 7.30. The molecule has 0 radical (unpaired) electrons. The highest BCUT2D eigenvalue weighted by atomic mass is 79.9. The fourth-order valence-corrected chi connectivity index (χ4v) is 3.83. The van der Waals surface area contributed by atoms with Gasteiger partial charge in [0.15, 0.2) is 0 Å². The summed E-state index contributed by atoms with van der Waals surface area (Å²) in [5, 5.41) is 4.45. The smallest absolute Gasteiger partial charge is 0.0395 e. The van der Waals surface area contributed by atoms with Gasteiger partial charge in [-0.1, -0.05) is 28.9 Å². The minimum Gasteiger partial charge on any atom is -0.142 e. The van der Waals surface area contributed by atoms with E-state index in [2.05, 4.69) is 56.3 Å². The van der Waals surface area contributed by atoms with Crippen LogP contribution in [0.1, 0.15) is 18.1 Å². The van der Waals surface area contributed by atoms with Crippen molar-refractivity contribution in [1.82, 2.24) is 0 Å². The minimum absolute atomic E-state index is 0.935. The highest BCUT2D eigenvalue weighted by Gasteiger charge is 2.07. The second-order valence-corrected chi connectivity index (χ2v) is 5.50. The van der Waals surface area contributed by atoms with E-state index in [-0.39, 0.29) is 0 Å². The molecule has 0 unspecified atom stereocenters. The lowest BCUT2D eigenvalue weighted by Crippen LogP contribution is -1.84. The topological polar surface area (TPSA) is 0 Å². The van der Waals surface area contributed by atoms with E-state index in [1.807, 2.05) is 11.3 Å². The molecule has 0 aliphatic rings. The zero-order chi connectivity index (χ0) is 10.1. The van der Waals surface area contributed by atoms with Gasteiger partial charge in [-0.05, 0) is 39.5 Å². The van der Waals surface area contributed by atoms with Crippen LogP contribution >= 0.6 is 43.2 Å². The SMILES string of the molecule is CCc1cc(CBr)c2scc(Br)c2c1. The predicted octanol–water partition coefficient (Wildman–Crippen LogP) is 5.12. The lowest BCUT2D eigenvalue weighted by Gasteiger charge is -2.03. The van der Waals surface area contributed by atoms with E-state index in [0.717, 1.165) is 11.8 Å². The third-order valence-corrected chi connectivity index (χ3v) is 4.95. The molecule has 0 bridgehead atoms. The Kier molecular flexibility index (Phi) is 3.30. The van der Waals surface area contributed by atoms with Gasteiger partial charge in [0.25, 0.3) is 0 Å². The monoisotopic (exact) mass is 332 g/mol. The van der Waals surface area contributed by atoms with Crippen molar-refractivity contribution in [2.75, 3.05) is 0 Å². The van der Waals surface area contributed by atoms with Crippen molar-refractivity contribution < 1.29 is 0 Å². The maximum Gasteiger partial charge on any atom is 0.0395 e. The van der Waals surface area contributed by atoms with Gasteiger partial charge in [0.1, 0.15) is 0 Å². The third-order valence-electron chi connectivity index (χ3n) is 2.32. The van der Waals surface area contributed by atoms with Gasteiger partial charge in [-0.25, -0.2) is 0 Å². The molecule has 1 aromatic carbocycles. The van der Waals surface area contributed by atoms with Gasteiger partial charge in [0, 0.05) is 25.3 Å². The molecule has 2 rings (SSSR count). The lowest BCUT2D eigenvalue weighted by atomic mass is 10.1. The highest BCUT2D eigenvalue weighted by Crippen LogP contribution is 2.34. The van der Waals surface area contributed by atoms with Crippen molar-refractivity contribution in [1.29, 1.82) is 0 Å². The second-order valence-electron chi connectivity index (χ2n) is 3.20. The number of hydrogen-bond donors (Lipinski definition) is 0. The molecule has 0 aliphatic heterocycles. The number of alkyl halides is 1. The van der Waals surface area contributed by atoms with Crippen molar-refractivity contribution in [3.63, 3.8) is 0 Å². The third kappa shape index (κ3) is 1.77. The summed E-state index contributed by atoms with van der Waals surface area (Å²) >= 11 is 8.94. The van der Waals surface area contributed by atoms with Crippen molar-refractivity contribution in [3.8, 4) is 0 Å². The van der Waals surface area contributed by atoms with Crippen LogP contribution in [0.25, 0.3) is 10.1 Å². The maximum absolute atomic E-state index is 3.59. The van der Waals surface area contributed by atoms with Crippen molar-refractivity contribution in [2.45, 2.75) is 18.7 Å². The molecule has 3 heteroatoms. The summed E-state index contributed by atoms with van der Waals surface area (Å²) in [4.78, 5) is 0. The molecular formula is C11H10Br2S. The van der Waals surface area contributed by atoms with Crippen LogP contribution in [0.15, 0.2) is 22.0 Å². The van der Waals surface area contributed by atoms with E-state index in [9.17, 15) is 0 Å². The zero-order valence-electron chi connectivity index (χ0n) is 7.81. The number of fused-ring (bicyclic) bond motifs is 1. The maximum atomic E-state index is 3.59. The van der Waals surface area contributed by atoms with Crippen LogP contribution in [0.5, 0.6) is 0 Å². The van der Waals surface area contributed by atoms with Crippen LogP contribution in [0.2, 0.25) is 0 Å². The number of halogens is 2. The van der Waals surface area contributed by atoms with E-state index in [1.165, 1.54) is 25.7 Å². The Hall–Kier alpha value is 0.140. The molecule has 0 amide bonds. The summed E-state index contributed by atoms with van der Waals surface area (Å²) in [6.45, 7) is 2.19. The molecule has 1 aromatic heterocycles. The van der Waals surface area contributed by atoms with Crippen molar-refractivity contribution >= 4 is 53.3 Å². The van der Waals surface area contributed by atoms with Gasteiger partial charge < -0.3 is 0 Å². The summed E-state index contributed by atoms with van der Waals surface area (Å²) in [6, 6.07) is 4.57. The standard InChI is InChI=1S/C11H10Br2S/c1-2-7-3-8(5-12)11-9(4-7)10(13)6-14-11/h3-4,6H,2,5H2,1H3. The molecule has 0 atom stereocenters. The summed E-state index contributed by atoms with van der Waals surface area (Å²) in [6.07, 6.45) is 1.10. The predicted molar refractivity (Wildman–Crippen MR) is 71.5 cm³/mol. The van der Waals surface area contributed by atoms with Gasteiger partial charge >= 0.3 is 0 Å². The summed E-state index contributed by atoms with van der Waals surface area (Å²) < 4.78 is 2.61. The molecule has 14 heavy (non-hydrogen) atoms. The van der Waals surface area contributed by atoms with Gasteiger partial charge in [-0.2, -0.15) is 0 Å². The second kappa shape index (κ2) is 4.33. The van der Waals surface area contributed by atoms with Gasteiger partial charge in [-0.15, -0.1) is 11.3 Å². The van der Waals surface area contributed by atoms with Gasteiger partial charge in [-0.3, -0.25) is 0 Å². The Bertz CT molecular complexity index is 460. The molecule has 0 spiro atoms. The van der Waals surface area contributed by atoms with Crippen LogP contribution < -0.4 is 0 Å². The number of aryl methyl sites for hydroxylation is 1. The normalized spacial score (nSPS) is 11.1. The van der Waals surface area contributed by atoms with Crippen LogP contribution in [0.4, 0.5) is 0 Å². The molecule has 2 aromatic rings.